The highest BCUT2D eigenvalue weighted by molar-refractivity contribution is 7.47. The van der Waals surface area contributed by atoms with Gasteiger partial charge in [0.2, 0.25) is 0 Å². The Morgan fingerprint density at radius 2 is 1.04 bits per heavy atom. The van der Waals surface area contributed by atoms with Gasteiger partial charge in [-0.15, -0.1) is 12.8 Å². The van der Waals surface area contributed by atoms with Gasteiger partial charge in [-0.25, -0.2) is 23.1 Å². The number of rotatable bonds is 37. The standard InChI is InChI=1S/C43H80O13P/c1-3-5-7-9-11-13-15-17-18-20-22-24-26-28-30-32-37(45)55-35(34-54-57(51,52)56-43-41(49)39(47)38(46)40(48)42(43)50)33-53-36(44)31-29-27-25-23-21-19-16-14-12-10-8-6-4-2/h15,17-18,35,38-43,46-50H,3-14,16,19-34H2,1-2H3,(H,51,52)/q-1/b18-17+/t35-,38?,39-,40-,41+,42+,43?/m1/s1. The molecule has 1 saturated carbocycles. The molecule has 14 heteroatoms. The van der Waals surface area contributed by atoms with E-state index in [0.717, 1.165) is 57.8 Å². The van der Waals surface area contributed by atoms with E-state index in [2.05, 4.69) is 32.4 Å². The van der Waals surface area contributed by atoms with Gasteiger partial charge in [-0.1, -0.05) is 149 Å². The van der Waals surface area contributed by atoms with Crippen LogP contribution in [-0.4, -0.2) is 98.3 Å². The number of ether oxygens (including phenoxy) is 2. The van der Waals surface area contributed by atoms with Crippen molar-refractivity contribution in [3.63, 3.8) is 0 Å². The van der Waals surface area contributed by atoms with Crippen LogP contribution in [0.5, 0.6) is 0 Å². The van der Waals surface area contributed by atoms with Crippen LogP contribution in [0.2, 0.25) is 0 Å². The minimum atomic E-state index is -5.11. The second kappa shape index (κ2) is 34.2. The van der Waals surface area contributed by atoms with E-state index in [4.69, 9.17) is 18.5 Å². The van der Waals surface area contributed by atoms with Crippen LogP contribution >= 0.6 is 7.82 Å². The number of phosphoric acid groups is 1. The smallest absolute Gasteiger partial charge is 0.462 e. The van der Waals surface area contributed by atoms with Gasteiger partial charge in [0.15, 0.2) is 6.10 Å². The summed E-state index contributed by atoms with van der Waals surface area (Å²) in [6, 6.07) is 0. The summed E-state index contributed by atoms with van der Waals surface area (Å²) >= 11 is 0. The second-order valence-electron chi connectivity index (χ2n) is 15.7. The van der Waals surface area contributed by atoms with E-state index in [1.165, 1.54) is 89.9 Å². The Labute approximate surface area is 343 Å². The molecule has 0 bridgehead atoms. The Hall–Kier alpha value is -1.54. The fraction of sp³-hybridized carbons (Fsp3) is 0.884. The lowest BCUT2D eigenvalue weighted by molar-refractivity contribution is -0.220. The van der Waals surface area contributed by atoms with Gasteiger partial charge >= 0.3 is 19.8 Å². The van der Waals surface area contributed by atoms with Gasteiger partial charge in [0.05, 0.1) is 6.61 Å². The quantitative estimate of drug-likeness (QED) is 0.0151. The zero-order chi connectivity index (χ0) is 42.2. The molecule has 1 unspecified atom stereocenters. The maximum absolute atomic E-state index is 12.8. The molecule has 0 radical (unpaired) electrons. The van der Waals surface area contributed by atoms with Crippen molar-refractivity contribution in [3.8, 4) is 0 Å². The van der Waals surface area contributed by atoms with Crippen LogP contribution in [-0.2, 0) is 32.7 Å². The van der Waals surface area contributed by atoms with Crippen LogP contribution in [0.1, 0.15) is 187 Å². The Morgan fingerprint density at radius 1 is 0.596 bits per heavy atom. The van der Waals surface area contributed by atoms with E-state index < -0.39 is 75.7 Å². The van der Waals surface area contributed by atoms with Crippen molar-refractivity contribution in [1.82, 2.24) is 0 Å². The molecule has 0 spiro atoms. The first-order valence-corrected chi connectivity index (χ1v) is 23.8. The number of phosphoric ester groups is 1. The SMILES string of the molecule is CCCCCCC[CH-]/C=C/CCCCCCCC(=O)O[C@H](COC(=O)CCCCCCCCCCCCCCC)COP(=O)(O)OC1[C@@H](O)[C@H](O)C(O)[C@@H](O)[C@@H]1O. The molecule has 0 aromatic rings. The van der Waals surface area contributed by atoms with Crippen molar-refractivity contribution in [2.24, 2.45) is 0 Å². The molecular weight excluding hydrogens is 755 g/mol. The molecule has 1 fully saturated rings. The molecule has 6 N–H and O–H groups in total. The summed E-state index contributed by atoms with van der Waals surface area (Å²) in [7, 11) is -5.11. The molecule has 6 atom stereocenters. The van der Waals surface area contributed by atoms with E-state index in [9.17, 15) is 44.6 Å². The third-order valence-corrected chi connectivity index (χ3v) is 11.4. The Bertz CT molecular complexity index is 1060. The average molecular weight is 836 g/mol. The molecule has 0 aliphatic heterocycles. The van der Waals surface area contributed by atoms with Crippen molar-refractivity contribution >= 4 is 19.8 Å². The number of esters is 2. The topological polar surface area (TPSA) is 210 Å². The van der Waals surface area contributed by atoms with Crippen LogP contribution in [0.3, 0.4) is 0 Å². The van der Waals surface area contributed by atoms with E-state index >= 15 is 0 Å². The zero-order valence-corrected chi connectivity index (χ0v) is 36.2. The van der Waals surface area contributed by atoms with E-state index in [-0.39, 0.29) is 12.8 Å². The Kier molecular flexibility index (Phi) is 32.1. The summed E-state index contributed by atoms with van der Waals surface area (Å²) in [6.45, 7) is 3.27. The van der Waals surface area contributed by atoms with Crippen LogP contribution in [0.25, 0.3) is 0 Å². The number of hydrogen-bond acceptors (Lipinski definition) is 12. The van der Waals surface area contributed by atoms with Gasteiger partial charge in [0, 0.05) is 12.8 Å². The molecule has 13 nitrogen and oxygen atoms in total. The number of aliphatic hydroxyl groups excluding tert-OH is 5. The third kappa shape index (κ3) is 27.0. The van der Waals surface area contributed by atoms with Crippen molar-refractivity contribution < 1.29 is 63.1 Å². The van der Waals surface area contributed by atoms with Gasteiger partial charge in [-0.2, -0.15) is 0 Å². The highest BCUT2D eigenvalue weighted by Crippen LogP contribution is 2.47. The van der Waals surface area contributed by atoms with Crippen molar-refractivity contribution in [1.29, 1.82) is 0 Å². The number of hydrogen-bond donors (Lipinski definition) is 6. The molecule has 1 rings (SSSR count). The number of carbonyl (C=O) groups excluding carboxylic acids is 2. The monoisotopic (exact) mass is 836 g/mol. The summed E-state index contributed by atoms with van der Waals surface area (Å²) in [5.41, 5.74) is 0. The average Bonchev–Trinajstić information content (AvgIpc) is 3.19. The largest absolute Gasteiger partial charge is 0.472 e. The van der Waals surface area contributed by atoms with E-state index in [1.807, 2.05) is 0 Å². The first-order chi connectivity index (χ1) is 27.4. The minimum Gasteiger partial charge on any atom is -0.462 e. The number of carbonyl (C=O) groups is 2. The summed E-state index contributed by atoms with van der Waals surface area (Å²) < 4.78 is 33.5. The molecule has 1 aliphatic rings. The molecule has 0 heterocycles. The number of aliphatic hydroxyl groups is 5. The predicted molar refractivity (Wildman–Crippen MR) is 221 cm³/mol. The maximum Gasteiger partial charge on any atom is 0.472 e. The van der Waals surface area contributed by atoms with Crippen LogP contribution in [0.4, 0.5) is 0 Å². The van der Waals surface area contributed by atoms with Gasteiger partial charge in [0.25, 0.3) is 0 Å². The minimum absolute atomic E-state index is 0.0857. The van der Waals surface area contributed by atoms with E-state index in [1.54, 1.807) is 0 Å². The molecule has 0 saturated heterocycles. The lowest BCUT2D eigenvalue weighted by Gasteiger charge is -2.41. The van der Waals surface area contributed by atoms with Gasteiger partial charge in [0.1, 0.15) is 43.2 Å². The van der Waals surface area contributed by atoms with Gasteiger partial charge in [-0.3, -0.25) is 18.6 Å². The van der Waals surface area contributed by atoms with Crippen LogP contribution < -0.4 is 0 Å². The fourth-order valence-corrected chi connectivity index (χ4v) is 7.78. The first kappa shape index (κ1) is 53.5. The molecule has 1 aliphatic carbocycles. The highest BCUT2D eigenvalue weighted by Gasteiger charge is 2.51. The molecule has 336 valence electrons. The second-order valence-corrected chi connectivity index (χ2v) is 17.2. The first-order valence-electron chi connectivity index (χ1n) is 22.3. The van der Waals surface area contributed by atoms with Gasteiger partial charge < -0.3 is 39.9 Å². The van der Waals surface area contributed by atoms with Crippen molar-refractivity contribution in [3.05, 3.63) is 18.6 Å². The summed E-state index contributed by atoms with van der Waals surface area (Å²) in [4.78, 5) is 35.6. The van der Waals surface area contributed by atoms with Crippen LogP contribution in [0, 0.1) is 6.42 Å². The lowest BCUT2D eigenvalue weighted by atomic mass is 9.85. The molecular formula is C43H80O13P-. The molecule has 0 aromatic heterocycles. The normalized spacial score (nSPS) is 22.7. The van der Waals surface area contributed by atoms with Crippen molar-refractivity contribution in [2.75, 3.05) is 13.2 Å². The number of allylic oxidation sites excluding steroid dienone is 2. The maximum atomic E-state index is 12.8. The predicted octanol–water partition coefficient (Wildman–Crippen LogP) is 8.09. The summed E-state index contributed by atoms with van der Waals surface area (Å²) in [5.74, 6) is -1.11. The molecule has 0 amide bonds. The highest BCUT2D eigenvalue weighted by atomic mass is 31.2. The molecule has 57 heavy (non-hydrogen) atoms. The van der Waals surface area contributed by atoms with Crippen molar-refractivity contribution in [2.45, 2.75) is 230 Å². The van der Waals surface area contributed by atoms with Crippen LogP contribution in [0.15, 0.2) is 12.2 Å². The summed E-state index contributed by atoms with van der Waals surface area (Å²) in [5, 5.41) is 50.1. The molecule has 0 aromatic carbocycles. The summed E-state index contributed by atoms with van der Waals surface area (Å²) in [6.07, 6.45) is 21.8. The Morgan fingerprint density at radius 3 is 1.56 bits per heavy atom. The number of unbranched alkanes of at least 4 members (excludes halogenated alkanes) is 23. The lowest BCUT2D eigenvalue weighted by Crippen LogP contribution is -2.64. The fourth-order valence-electron chi connectivity index (χ4n) is 6.81. The third-order valence-electron chi connectivity index (χ3n) is 10.5. The Balaban J connectivity index is 2.48. The zero-order valence-electron chi connectivity index (χ0n) is 35.3. The van der Waals surface area contributed by atoms with Gasteiger partial charge in [-0.05, 0) is 12.8 Å². The van der Waals surface area contributed by atoms with E-state index in [0.29, 0.717) is 12.8 Å².